The van der Waals surface area contributed by atoms with Crippen LogP contribution in [-0.4, -0.2) is 36.1 Å². The van der Waals surface area contributed by atoms with Crippen LogP contribution in [0.25, 0.3) is 0 Å². The molecule has 0 aromatic rings. The van der Waals surface area contributed by atoms with Crippen LogP contribution in [-0.2, 0) is 9.53 Å². The molecule has 3 heteroatoms. The summed E-state index contributed by atoms with van der Waals surface area (Å²) in [7, 11) is 0. The van der Waals surface area contributed by atoms with Gasteiger partial charge in [-0.05, 0) is 6.42 Å². The van der Waals surface area contributed by atoms with Gasteiger partial charge in [0.15, 0.2) is 0 Å². The average molecular weight is 155 g/mol. The van der Waals surface area contributed by atoms with Gasteiger partial charge in [0.25, 0.3) is 0 Å². The lowest BCUT2D eigenvalue weighted by atomic mass is 9.94. The Morgan fingerprint density at radius 2 is 2.27 bits per heavy atom. The smallest absolute Gasteiger partial charge is 0.219 e. The molecule has 1 spiro atoms. The fraction of sp³-hybridized carbons (Fsp3) is 0.875. The lowest BCUT2D eigenvalue weighted by Gasteiger charge is -2.38. The summed E-state index contributed by atoms with van der Waals surface area (Å²) in [5.41, 5.74) is 0.0751. The number of carbonyl (C=O) groups is 1. The van der Waals surface area contributed by atoms with E-state index in [9.17, 15) is 4.79 Å². The normalized spacial score (nSPS) is 35.9. The van der Waals surface area contributed by atoms with E-state index in [1.54, 1.807) is 6.92 Å². The number of likely N-dealkylation sites (tertiary alicyclic amines) is 1. The van der Waals surface area contributed by atoms with Crippen molar-refractivity contribution in [1.29, 1.82) is 0 Å². The molecule has 0 saturated carbocycles. The van der Waals surface area contributed by atoms with E-state index in [4.69, 9.17) is 4.74 Å². The zero-order chi connectivity index (χ0) is 7.90. The Bertz CT molecular complexity index is 187. The quantitative estimate of drug-likeness (QED) is 0.506. The molecule has 2 fully saturated rings. The van der Waals surface area contributed by atoms with E-state index in [0.29, 0.717) is 0 Å². The Balaban J connectivity index is 1.98. The van der Waals surface area contributed by atoms with Crippen molar-refractivity contribution in [1.82, 2.24) is 4.90 Å². The van der Waals surface area contributed by atoms with Crippen LogP contribution in [0.15, 0.2) is 0 Å². The molecule has 1 amide bonds. The molecule has 0 bridgehead atoms. The van der Waals surface area contributed by atoms with Crippen LogP contribution in [0, 0.1) is 0 Å². The summed E-state index contributed by atoms with van der Waals surface area (Å²) >= 11 is 0. The second kappa shape index (κ2) is 2.21. The molecule has 2 rings (SSSR count). The molecular weight excluding hydrogens is 142 g/mol. The third-order valence-corrected chi connectivity index (χ3v) is 2.73. The van der Waals surface area contributed by atoms with Crippen molar-refractivity contribution in [2.24, 2.45) is 0 Å². The zero-order valence-electron chi connectivity index (χ0n) is 6.80. The molecule has 2 aliphatic heterocycles. The van der Waals surface area contributed by atoms with Crippen LogP contribution >= 0.6 is 0 Å². The summed E-state index contributed by atoms with van der Waals surface area (Å²) in [4.78, 5) is 12.8. The van der Waals surface area contributed by atoms with Gasteiger partial charge in [0.05, 0.1) is 12.2 Å². The van der Waals surface area contributed by atoms with Crippen molar-refractivity contribution in [2.45, 2.75) is 25.4 Å². The Morgan fingerprint density at radius 1 is 1.55 bits per heavy atom. The summed E-state index contributed by atoms with van der Waals surface area (Å²) < 4.78 is 5.47. The minimum atomic E-state index is 0.0751. The van der Waals surface area contributed by atoms with Crippen molar-refractivity contribution >= 4 is 5.91 Å². The largest absolute Gasteiger partial charge is 0.373 e. The van der Waals surface area contributed by atoms with E-state index in [1.807, 2.05) is 4.90 Å². The zero-order valence-corrected chi connectivity index (χ0v) is 6.80. The Labute approximate surface area is 66.3 Å². The molecule has 0 N–H and O–H groups in total. The first kappa shape index (κ1) is 7.10. The van der Waals surface area contributed by atoms with Crippen molar-refractivity contribution in [3.05, 3.63) is 0 Å². The highest BCUT2D eigenvalue weighted by Crippen LogP contribution is 2.35. The molecule has 0 radical (unpaired) electrons. The van der Waals surface area contributed by atoms with E-state index in [1.165, 1.54) is 0 Å². The van der Waals surface area contributed by atoms with Gasteiger partial charge in [0.2, 0.25) is 5.91 Å². The van der Waals surface area contributed by atoms with E-state index in [-0.39, 0.29) is 11.5 Å². The summed E-state index contributed by atoms with van der Waals surface area (Å²) in [6.07, 6.45) is 2.17. The van der Waals surface area contributed by atoms with Crippen LogP contribution in [0.1, 0.15) is 19.8 Å². The molecule has 2 saturated heterocycles. The highest BCUT2D eigenvalue weighted by molar-refractivity contribution is 5.73. The minimum absolute atomic E-state index is 0.0751. The van der Waals surface area contributed by atoms with Crippen molar-refractivity contribution in [3.63, 3.8) is 0 Å². The summed E-state index contributed by atoms with van der Waals surface area (Å²) in [5, 5.41) is 0. The topological polar surface area (TPSA) is 29.5 Å². The number of hydrogen-bond acceptors (Lipinski definition) is 2. The highest BCUT2D eigenvalue weighted by Gasteiger charge is 2.44. The average Bonchev–Trinajstić information content (AvgIpc) is 2.28. The van der Waals surface area contributed by atoms with Crippen LogP contribution in [0.2, 0.25) is 0 Å². The van der Waals surface area contributed by atoms with Crippen molar-refractivity contribution in [3.8, 4) is 0 Å². The lowest BCUT2D eigenvalue weighted by Crippen LogP contribution is -2.46. The first-order valence-electron chi connectivity index (χ1n) is 4.11. The molecule has 3 nitrogen and oxygen atoms in total. The van der Waals surface area contributed by atoms with E-state index in [2.05, 4.69) is 0 Å². The predicted molar refractivity (Wildman–Crippen MR) is 40.2 cm³/mol. The molecule has 0 aliphatic carbocycles. The van der Waals surface area contributed by atoms with Gasteiger partial charge in [-0.3, -0.25) is 4.79 Å². The predicted octanol–water partition coefficient (Wildman–Crippen LogP) is 0.398. The van der Waals surface area contributed by atoms with E-state index in [0.717, 1.165) is 32.5 Å². The van der Waals surface area contributed by atoms with Crippen LogP contribution in [0.5, 0.6) is 0 Å². The number of nitrogens with zero attached hydrogens (tertiary/aromatic N) is 1. The number of ether oxygens (including phenoxy) is 1. The molecule has 2 aliphatic rings. The third kappa shape index (κ3) is 1.03. The van der Waals surface area contributed by atoms with Gasteiger partial charge in [0.1, 0.15) is 0 Å². The molecule has 62 valence electrons. The van der Waals surface area contributed by atoms with Crippen LogP contribution < -0.4 is 0 Å². The first-order valence-corrected chi connectivity index (χ1v) is 4.11. The second-order valence-corrected chi connectivity index (χ2v) is 3.47. The summed E-state index contributed by atoms with van der Waals surface area (Å²) in [6, 6.07) is 0. The van der Waals surface area contributed by atoms with Gasteiger partial charge in [-0.2, -0.15) is 0 Å². The minimum Gasteiger partial charge on any atom is -0.373 e. The van der Waals surface area contributed by atoms with Gasteiger partial charge in [0, 0.05) is 26.4 Å². The second-order valence-electron chi connectivity index (χ2n) is 3.47. The maximum absolute atomic E-state index is 10.9. The third-order valence-electron chi connectivity index (χ3n) is 2.73. The van der Waals surface area contributed by atoms with E-state index >= 15 is 0 Å². The fourth-order valence-corrected chi connectivity index (χ4v) is 1.83. The Kier molecular flexibility index (Phi) is 1.42. The number of carbonyl (C=O) groups excluding carboxylic acids is 1. The lowest BCUT2D eigenvalue weighted by molar-refractivity contribution is -0.145. The standard InChI is InChI=1S/C8H13NO2/c1-7(10)9-4-2-8(6-9)3-5-11-8/h2-6H2,1H3. The monoisotopic (exact) mass is 155 g/mol. The SMILES string of the molecule is CC(=O)N1CCC2(CCO2)C1. The van der Waals surface area contributed by atoms with Gasteiger partial charge in [-0.1, -0.05) is 0 Å². The van der Waals surface area contributed by atoms with Gasteiger partial charge < -0.3 is 9.64 Å². The number of rotatable bonds is 0. The highest BCUT2D eigenvalue weighted by atomic mass is 16.5. The van der Waals surface area contributed by atoms with Gasteiger partial charge in [-0.25, -0.2) is 0 Å². The fourth-order valence-electron chi connectivity index (χ4n) is 1.83. The Morgan fingerprint density at radius 3 is 2.55 bits per heavy atom. The van der Waals surface area contributed by atoms with Crippen LogP contribution in [0.3, 0.4) is 0 Å². The summed E-state index contributed by atoms with van der Waals surface area (Å²) in [5.74, 6) is 0.178. The molecule has 1 atom stereocenters. The van der Waals surface area contributed by atoms with Gasteiger partial charge in [-0.15, -0.1) is 0 Å². The van der Waals surface area contributed by atoms with Gasteiger partial charge >= 0.3 is 0 Å². The molecule has 1 unspecified atom stereocenters. The molecule has 11 heavy (non-hydrogen) atoms. The number of hydrogen-bond donors (Lipinski definition) is 0. The maximum Gasteiger partial charge on any atom is 0.219 e. The molecular formula is C8H13NO2. The maximum atomic E-state index is 10.9. The molecule has 0 aromatic carbocycles. The number of amides is 1. The summed E-state index contributed by atoms with van der Waals surface area (Å²) in [6.45, 7) is 4.21. The van der Waals surface area contributed by atoms with Crippen LogP contribution in [0.4, 0.5) is 0 Å². The first-order chi connectivity index (χ1) is 5.22. The van der Waals surface area contributed by atoms with Crippen molar-refractivity contribution < 1.29 is 9.53 Å². The molecule has 2 heterocycles. The van der Waals surface area contributed by atoms with Crippen molar-refractivity contribution in [2.75, 3.05) is 19.7 Å². The molecule has 0 aromatic heterocycles. The van der Waals surface area contributed by atoms with E-state index < -0.39 is 0 Å². The Hall–Kier alpha value is -0.570.